The summed E-state index contributed by atoms with van der Waals surface area (Å²) >= 11 is 0. The molecule has 1 aromatic rings. The Bertz CT molecular complexity index is 325. The molecule has 0 aromatic heterocycles. The Kier molecular flexibility index (Phi) is 3.21. The van der Waals surface area contributed by atoms with Crippen LogP contribution < -0.4 is 0 Å². The number of hydrogen-bond acceptors (Lipinski definition) is 1. The van der Waals surface area contributed by atoms with E-state index in [1.807, 2.05) is 30.3 Å². The minimum absolute atomic E-state index is 0.156. The number of hydrogen-bond donors (Lipinski definition) is 0. The first kappa shape index (κ1) is 9.30. The molecule has 0 bridgehead atoms. The molecule has 72 valence electrons. The fraction of sp³-hybridized carbons (Fsp3) is 0.385. The Labute approximate surface area is 85.1 Å². The largest absolute Gasteiger partial charge is 0.366 e. The smallest absolute Gasteiger partial charge is 0.118 e. The van der Waals surface area contributed by atoms with Gasteiger partial charge in [-0.3, -0.25) is 0 Å². The average molecular weight is 186 g/mol. The highest BCUT2D eigenvalue weighted by molar-refractivity contribution is 5.34. The molecule has 0 aliphatic carbocycles. The summed E-state index contributed by atoms with van der Waals surface area (Å²) in [5.74, 6) is 6.30. The summed E-state index contributed by atoms with van der Waals surface area (Å²) in [7, 11) is 0. The number of rotatable bonds is 0. The van der Waals surface area contributed by atoms with Crippen LogP contribution in [0, 0.1) is 11.8 Å². The molecule has 1 nitrogen and oxygen atoms in total. The number of benzene rings is 1. The van der Waals surface area contributed by atoms with Crippen molar-refractivity contribution < 1.29 is 4.74 Å². The third-order valence-corrected chi connectivity index (χ3v) is 2.33. The maximum atomic E-state index is 5.53. The minimum Gasteiger partial charge on any atom is -0.366 e. The highest BCUT2D eigenvalue weighted by Crippen LogP contribution is 2.11. The van der Waals surface area contributed by atoms with Gasteiger partial charge in [-0.05, 0) is 31.4 Å². The predicted molar refractivity (Wildman–Crippen MR) is 56.9 cm³/mol. The molecule has 0 saturated carbocycles. The zero-order valence-corrected chi connectivity index (χ0v) is 8.20. The molecule has 1 heterocycles. The average Bonchev–Trinajstić information content (AvgIpc) is 2.29. The summed E-state index contributed by atoms with van der Waals surface area (Å²) in [4.78, 5) is 0. The summed E-state index contributed by atoms with van der Waals surface area (Å²) in [6, 6.07) is 10.1. The lowest BCUT2D eigenvalue weighted by Gasteiger charge is -2.16. The van der Waals surface area contributed by atoms with E-state index in [1.54, 1.807) is 0 Å². The van der Waals surface area contributed by atoms with Crippen LogP contribution in [0.15, 0.2) is 30.3 Å². The maximum Gasteiger partial charge on any atom is 0.118 e. The second-order valence-electron chi connectivity index (χ2n) is 3.49. The normalized spacial score (nSPS) is 21.0. The summed E-state index contributed by atoms with van der Waals surface area (Å²) in [6.45, 7) is 0.869. The molecule has 1 aromatic carbocycles. The Hall–Kier alpha value is -1.26. The van der Waals surface area contributed by atoms with Gasteiger partial charge in [0.2, 0.25) is 0 Å². The molecule has 1 aliphatic rings. The Morgan fingerprint density at radius 2 is 2.00 bits per heavy atom. The standard InChI is InChI=1S/C13H14O/c1-2-6-12(7-3-1)9-10-13-8-4-5-11-14-13/h1-3,6-7,13H,4-5,8,11H2/t13-/m1/s1. The Morgan fingerprint density at radius 1 is 1.14 bits per heavy atom. The highest BCUT2D eigenvalue weighted by atomic mass is 16.5. The third kappa shape index (κ3) is 2.61. The van der Waals surface area contributed by atoms with Crippen LogP contribution in [-0.4, -0.2) is 12.7 Å². The minimum atomic E-state index is 0.156. The van der Waals surface area contributed by atoms with Gasteiger partial charge in [0.1, 0.15) is 6.10 Å². The highest BCUT2D eigenvalue weighted by Gasteiger charge is 2.09. The van der Waals surface area contributed by atoms with Crippen LogP contribution in [0.1, 0.15) is 24.8 Å². The van der Waals surface area contributed by atoms with Crippen LogP contribution in [0.4, 0.5) is 0 Å². The molecule has 2 rings (SSSR count). The van der Waals surface area contributed by atoms with Gasteiger partial charge < -0.3 is 4.74 Å². The lowest BCUT2D eigenvalue weighted by Crippen LogP contribution is -2.16. The van der Waals surface area contributed by atoms with E-state index in [-0.39, 0.29) is 6.10 Å². The fourth-order valence-corrected chi connectivity index (χ4v) is 1.54. The molecule has 0 spiro atoms. The second kappa shape index (κ2) is 4.83. The maximum absolute atomic E-state index is 5.53. The summed E-state index contributed by atoms with van der Waals surface area (Å²) in [6.07, 6.45) is 3.67. The van der Waals surface area contributed by atoms with Crippen LogP contribution >= 0.6 is 0 Å². The lowest BCUT2D eigenvalue weighted by atomic mass is 10.1. The van der Waals surface area contributed by atoms with Crippen molar-refractivity contribution >= 4 is 0 Å². The van der Waals surface area contributed by atoms with Gasteiger partial charge in [-0.15, -0.1) is 0 Å². The molecule has 14 heavy (non-hydrogen) atoms. The van der Waals surface area contributed by atoms with Crippen molar-refractivity contribution in [3.63, 3.8) is 0 Å². The van der Waals surface area contributed by atoms with Gasteiger partial charge in [-0.1, -0.05) is 30.0 Å². The Balaban J connectivity index is 1.99. The van der Waals surface area contributed by atoms with Gasteiger partial charge in [0, 0.05) is 12.2 Å². The topological polar surface area (TPSA) is 9.23 Å². The van der Waals surface area contributed by atoms with Gasteiger partial charge in [0.25, 0.3) is 0 Å². The van der Waals surface area contributed by atoms with E-state index in [0.29, 0.717) is 0 Å². The molecule has 1 atom stereocenters. The van der Waals surface area contributed by atoms with Gasteiger partial charge in [-0.2, -0.15) is 0 Å². The third-order valence-electron chi connectivity index (χ3n) is 2.33. The van der Waals surface area contributed by atoms with Crippen molar-refractivity contribution in [2.45, 2.75) is 25.4 Å². The molecular formula is C13H14O. The van der Waals surface area contributed by atoms with Crippen molar-refractivity contribution in [3.05, 3.63) is 35.9 Å². The molecule has 0 radical (unpaired) electrons. The van der Waals surface area contributed by atoms with E-state index in [0.717, 1.165) is 18.6 Å². The van der Waals surface area contributed by atoms with Crippen LogP contribution in [-0.2, 0) is 4.74 Å². The molecular weight excluding hydrogens is 172 g/mol. The second-order valence-corrected chi connectivity index (χ2v) is 3.49. The summed E-state index contributed by atoms with van der Waals surface area (Å²) in [5.41, 5.74) is 1.07. The molecule has 0 N–H and O–H groups in total. The Morgan fingerprint density at radius 3 is 2.71 bits per heavy atom. The molecule has 1 fully saturated rings. The van der Waals surface area contributed by atoms with Crippen molar-refractivity contribution in [1.29, 1.82) is 0 Å². The first-order chi connectivity index (χ1) is 6.95. The van der Waals surface area contributed by atoms with E-state index >= 15 is 0 Å². The van der Waals surface area contributed by atoms with E-state index < -0.39 is 0 Å². The molecule has 1 heteroatoms. The first-order valence-corrected chi connectivity index (χ1v) is 5.13. The van der Waals surface area contributed by atoms with Crippen LogP contribution in [0.3, 0.4) is 0 Å². The van der Waals surface area contributed by atoms with Crippen molar-refractivity contribution in [3.8, 4) is 11.8 Å². The van der Waals surface area contributed by atoms with E-state index in [2.05, 4.69) is 11.8 Å². The molecule has 0 amide bonds. The lowest BCUT2D eigenvalue weighted by molar-refractivity contribution is 0.0526. The van der Waals surface area contributed by atoms with E-state index in [1.165, 1.54) is 12.8 Å². The molecule has 1 saturated heterocycles. The molecule has 1 aliphatic heterocycles. The van der Waals surface area contributed by atoms with Crippen LogP contribution in [0.5, 0.6) is 0 Å². The van der Waals surface area contributed by atoms with Crippen molar-refractivity contribution in [2.75, 3.05) is 6.61 Å². The van der Waals surface area contributed by atoms with Gasteiger partial charge in [-0.25, -0.2) is 0 Å². The van der Waals surface area contributed by atoms with Crippen LogP contribution in [0.25, 0.3) is 0 Å². The predicted octanol–water partition coefficient (Wildman–Crippen LogP) is 2.61. The quantitative estimate of drug-likeness (QED) is 0.566. The van der Waals surface area contributed by atoms with E-state index in [9.17, 15) is 0 Å². The van der Waals surface area contributed by atoms with E-state index in [4.69, 9.17) is 4.74 Å². The zero-order valence-electron chi connectivity index (χ0n) is 8.20. The van der Waals surface area contributed by atoms with Gasteiger partial charge in [0.05, 0.1) is 0 Å². The monoisotopic (exact) mass is 186 g/mol. The SMILES string of the molecule is C(#C[C@H]1CCCCO1)c1ccccc1. The van der Waals surface area contributed by atoms with Gasteiger partial charge >= 0.3 is 0 Å². The first-order valence-electron chi connectivity index (χ1n) is 5.13. The van der Waals surface area contributed by atoms with Gasteiger partial charge in [0.15, 0.2) is 0 Å². The summed E-state index contributed by atoms with van der Waals surface area (Å²) < 4.78 is 5.53. The fourth-order valence-electron chi connectivity index (χ4n) is 1.54. The number of ether oxygens (including phenoxy) is 1. The van der Waals surface area contributed by atoms with Crippen molar-refractivity contribution in [2.24, 2.45) is 0 Å². The zero-order chi connectivity index (χ0) is 9.64. The van der Waals surface area contributed by atoms with Crippen LogP contribution in [0.2, 0.25) is 0 Å². The van der Waals surface area contributed by atoms with Crippen molar-refractivity contribution in [1.82, 2.24) is 0 Å². The molecule has 0 unspecified atom stereocenters. The summed E-state index contributed by atoms with van der Waals surface area (Å²) in [5, 5.41) is 0.